The monoisotopic (exact) mass is 559 g/mol. The lowest BCUT2D eigenvalue weighted by Crippen LogP contribution is -2.36. The summed E-state index contributed by atoms with van der Waals surface area (Å²) in [6.07, 6.45) is 15.4. The van der Waals surface area contributed by atoms with Gasteiger partial charge in [0.15, 0.2) is 0 Å². The fraction of sp³-hybridized carbons (Fsp3) is 0.529. The number of carbonyl (C=O) groups excluding carboxylic acids is 2. The van der Waals surface area contributed by atoms with E-state index in [9.17, 15) is 9.59 Å². The van der Waals surface area contributed by atoms with Crippen LogP contribution in [-0.4, -0.2) is 35.1 Å². The molecule has 2 aromatic heterocycles. The molecule has 0 aromatic carbocycles. The van der Waals surface area contributed by atoms with Crippen molar-refractivity contribution in [1.82, 2.24) is 15.3 Å². The Bertz CT molecular complexity index is 1160. The third-order valence-corrected chi connectivity index (χ3v) is 8.33. The van der Waals surface area contributed by atoms with Crippen LogP contribution in [-0.2, 0) is 31.9 Å². The number of nitrogens with one attached hydrogen (secondary N) is 1. The number of allylic oxidation sites excluding steroid dienone is 2. The SMILES string of the molecule is CC1=C(C(=O)OCCCc2cccnc2)C(CC2CCCC(C)(C)C2)C(C(=O)OCCCc2cccnc2)=C(C)N1. The van der Waals surface area contributed by atoms with Gasteiger partial charge in [0.2, 0.25) is 0 Å². The van der Waals surface area contributed by atoms with Crippen LogP contribution in [0.4, 0.5) is 0 Å². The van der Waals surface area contributed by atoms with Gasteiger partial charge in [0, 0.05) is 42.1 Å². The molecule has 2 aliphatic rings. The zero-order valence-electron chi connectivity index (χ0n) is 25.1. The van der Waals surface area contributed by atoms with E-state index in [1.54, 1.807) is 12.4 Å². The maximum atomic E-state index is 13.6. The zero-order chi connectivity index (χ0) is 29.2. The zero-order valence-corrected chi connectivity index (χ0v) is 25.1. The van der Waals surface area contributed by atoms with Gasteiger partial charge in [-0.15, -0.1) is 0 Å². The second-order valence-electron chi connectivity index (χ2n) is 12.3. The van der Waals surface area contributed by atoms with Crippen molar-refractivity contribution in [2.75, 3.05) is 13.2 Å². The molecule has 2 aromatic rings. The number of aryl methyl sites for hydroxylation is 2. The van der Waals surface area contributed by atoms with Crippen molar-refractivity contribution in [2.24, 2.45) is 17.3 Å². The first-order valence-corrected chi connectivity index (χ1v) is 15.0. The third-order valence-electron chi connectivity index (χ3n) is 8.33. The fourth-order valence-corrected chi connectivity index (χ4v) is 6.43. The number of esters is 2. The minimum Gasteiger partial charge on any atom is -0.462 e. The van der Waals surface area contributed by atoms with Gasteiger partial charge in [-0.2, -0.15) is 0 Å². The summed E-state index contributed by atoms with van der Waals surface area (Å²) >= 11 is 0. The second kappa shape index (κ2) is 14.4. The van der Waals surface area contributed by atoms with Gasteiger partial charge in [-0.1, -0.05) is 38.8 Å². The fourth-order valence-electron chi connectivity index (χ4n) is 6.43. The average molecular weight is 560 g/mol. The lowest BCUT2D eigenvalue weighted by molar-refractivity contribution is -0.141. The predicted molar refractivity (Wildman–Crippen MR) is 159 cm³/mol. The van der Waals surface area contributed by atoms with Gasteiger partial charge in [-0.3, -0.25) is 9.97 Å². The number of pyridine rings is 2. The first-order valence-electron chi connectivity index (χ1n) is 15.0. The molecule has 0 spiro atoms. The molecule has 1 atom stereocenters. The molecule has 220 valence electrons. The smallest absolute Gasteiger partial charge is 0.336 e. The molecule has 0 bridgehead atoms. The van der Waals surface area contributed by atoms with E-state index >= 15 is 0 Å². The summed E-state index contributed by atoms with van der Waals surface area (Å²) in [5.41, 5.74) is 5.12. The maximum absolute atomic E-state index is 13.6. The lowest BCUT2D eigenvalue weighted by atomic mass is 9.68. The maximum Gasteiger partial charge on any atom is 0.336 e. The summed E-state index contributed by atoms with van der Waals surface area (Å²) in [5, 5.41) is 3.30. The van der Waals surface area contributed by atoms with Crippen molar-refractivity contribution >= 4 is 11.9 Å². The summed E-state index contributed by atoms with van der Waals surface area (Å²) in [6, 6.07) is 7.87. The molecule has 0 radical (unpaired) electrons. The van der Waals surface area contributed by atoms with Gasteiger partial charge in [-0.05, 0) is 93.4 Å². The molecule has 1 N–H and O–H groups in total. The average Bonchev–Trinajstić information content (AvgIpc) is 2.94. The minimum absolute atomic E-state index is 0.257. The van der Waals surface area contributed by atoms with Crippen LogP contribution in [0.2, 0.25) is 0 Å². The lowest BCUT2D eigenvalue weighted by Gasteiger charge is -2.38. The Hall–Kier alpha value is -3.48. The molecule has 41 heavy (non-hydrogen) atoms. The molecule has 0 saturated heterocycles. The Kier molecular flexibility index (Phi) is 10.7. The van der Waals surface area contributed by atoms with Gasteiger partial charge in [0.1, 0.15) is 0 Å². The van der Waals surface area contributed by atoms with E-state index < -0.39 is 0 Å². The van der Waals surface area contributed by atoms with Gasteiger partial charge in [-0.25, -0.2) is 9.59 Å². The topological polar surface area (TPSA) is 90.4 Å². The van der Waals surface area contributed by atoms with E-state index in [1.807, 2.05) is 50.5 Å². The Morgan fingerprint density at radius 2 is 1.44 bits per heavy atom. The van der Waals surface area contributed by atoms with E-state index in [-0.39, 0.29) is 23.3 Å². The van der Waals surface area contributed by atoms with Crippen molar-refractivity contribution in [3.05, 3.63) is 82.7 Å². The Morgan fingerprint density at radius 1 is 0.902 bits per heavy atom. The molecule has 7 heteroatoms. The summed E-state index contributed by atoms with van der Waals surface area (Å²) < 4.78 is 11.6. The molecule has 1 aliphatic carbocycles. The van der Waals surface area contributed by atoms with Crippen molar-refractivity contribution in [1.29, 1.82) is 0 Å². The molecular formula is C34H45N3O4. The highest BCUT2D eigenvalue weighted by molar-refractivity contribution is 5.97. The van der Waals surface area contributed by atoms with Crippen molar-refractivity contribution in [3.63, 3.8) is 0 Å². The van der Waals surface area contributed by atoms with Crippen molar-refractivity contribution in [3.8, 4) is 0 Å². The molecule has 7 nitrogen and oxygen atoms in total. The van der Waals surface area contributed by atoms with Crippen molar-refractivity contribution in [2.45, 2.75) is 85.5 Å². The second-order valence-corrected chi connectivity index (χ2v) is 12.3. The summed E-state index contributed by atoms with van der Waals surface area (Å²) in [7, 11) is 0. The number of rotatable bonds is 12. The van der Waals surface area contributed by atoms with Crippen LogP contribution in [0.3, 0.4) is 0 Å². The number of hydrogen-bond donors (Lipinski definition) is 1. The van der Waals surface area contributed by atoms with Crippen LogP contribution in [0.25, 0.3) is 0 Å². The van der Waals surface area contributed by atoms with E-state index in [2.05, 4.69) is 29.1 Å². The number of aromatic nitrogens is 2. The molecular weight excluding hydrogens is 514 g/mol. The van der Waals surface area contributed by atoms with Crippen LogP contribution in [0.5, 0.6) is 0 Å². The van der Waals surface area contributed by atoms with Crippen LogP contribution >= 0.6 is 0 Å². The van der Waals surface area contributed by atoms with Gasteiger partial charge in [0.25, 0.3) is 0 Å². The van der Waals surface area contributed by atoms with E-state index in [4.69, 9.17) is 9.47 Å². The van der Waals surface area contributed by atoms with Crippen molar-refractivity contribution < 1.29 is 19.1 Å². The van der Waals surface area contributed by atoms with Crippen LogP contribution < -0.4 is 5.32 Å². The van der Waals surface area contributed by atoms with Crippen LogP contribution in [0.15, 0.2) is 71.6 Å². The first-order chi connectivity index (χ1) is 19.7. The molecule has 1 unspecified atom stereocenters. The van der Waals surface area contributed by atoms with E-state index in [0.29, 0.717) is 43.1 Å². The Morgan fingerprint density at radius 3 is 1.90 bits per heavy atom. The quantitative estimate of drug-likeness (QED) is 0.234. The summed E-state index contributed by atoms with van der Waals surface area (Å²) in [6.45, 7) is 9.07. The number of nitrogens with zero attached hydrogens (tertiary/aromatic N) is 2. The summed E-state index contributed by atoms with van der Waals surface area (Å²) in [5.74, 6) is -0.637. The van der Waals surface area contributed by atoms with E-state index in [0.717, 1.165) is 61.0 Å². The Labute approximate surface area is 244 Å². The third kappa shape index (κ3) is 8.75. The number of hydrogen-bond acceptors (Lipinski definition) is 7. The van der Waals surface area contributed by atoms with Gasteiger partial charge < -0.3 is 14.8 Å². The van der Waals surface area contributed by atoms with Gasteiger partial charge >= 0.3 is 11.9 Å². The normalized spacial score (nSPS) is 19.1. The molecule has 0 amide bonds. The Balaban J connectivity index is 1.45. The van der Waals surface area contributed by atoms with Crippen LogP contribution in [0.1, 0.15) is 83.8 Å². The molecule has 3 heterocycles. The number of carbonyl (C=O) groups is 2. The first kappa shape index (κ1) is 30.5. The highest BCUT2D eigenvalue weighted by Gasteiger charge is 2.39. The predicted octanol–water partition coefficient (Wildman–Crippen LogP) is 6.50. The number of dihydropyridines is 1. The molecule has 4 rings (SSSR count). The highest BCUT2D eigenvalue weighted by atomic mass is 16.5. The van der Waals surface area contributed by atoms with Crippen LogP contribution in [0, 0.1) is 17.3 Å². The standard InChI is InChI=1S/C34H45N3O4/c1-24-30(32(38)40-18-8-13-26-11-6-16-35-22-26)29(20-28-10-5-15-34(3,4)21-28)31(25(2)37-24)33(39)41-19-9-14-27-12-7-17-36-23-27/h6-7,11-12,16-17,22-23,28-29,37H,5,8-10,13-15,18-21H2,1-4H3. The summed E-state index contributed by atoms with van der Waals surface area (Å²) in [4.78, 5) is 35.5. The molecule has 1 fully saturated rings. The minimum atomic E-state index is -0.355. The molecule has 1 saturated carbocycles. The molecule has 1 aliphatic heterocycles. The largest absolute Gasteiger partial charge is 0.462 e. The van der Waals surface area contributed by atoms with Gasteiger partial charge in [0.05, 0.1) is 24.4 Å². The van der Waals surface area contributed by atoms with E-state index in [1.165, 1.54) is 6.42 Å². The highest BCUT2D eigenvalue weighted by Crippen LogP contribution is 2.44. The number of ether oxygens (including phenoxy) is 2.